The summed E-state index contributed by atoms with van der Waals surface area (Å²) < 4.78 is 7.66. The molecule has 0 aliphatic heterocycles. The van der Waals surface area contributed by atoms with Gasteiger partial charge in [-0.1, -0.05) is 111 Å². The number of fused-ring (bicyclic) bond motifs is 7. The van der Waals surface area contributed by atoms with Gasteiger partial charge in [0.1, 0.15) is 0 Å². The molecule has 295 valence electrons. The molecule has 3 nitrogen and oxygen atoms in total. The zero-order valence-electron chi connectivity index (χ0n) is 33.7. The number of rotatable bonds is 6. The van der Waals surface area contributed by atoms with Crippen molar-refractivity contribution in [2.24, 2.45) is 0 Å². The summed E-state index contributed by atoms with van der Waals surface area (Å²) in [5.74, 6) is 1.57. The fraction of sp³-hybridized carbons (Fsp3) is 0.111. The quantitative estimate of drug-likeness (QED) is 0.155. The molecule has 11 rings (SSSR count). The topological polar surface area (TPSA) is 30.7 Å². The Morgan fingerprint density at radius 3 is 2.00 bits per heavy atom. The van der Waals surface area contributed by atoms with E-state index >= 15 is 0 Å². The van der Waals surface area contributed by atoms with Gasteiger partial charge in [-0.25, -0.2) is 0 Å². The molecule has 11 aromatic rings. The van der Waals surface area contributed by atoms with Crippen molar-refractivity contribution in [2.45, 2.75) is 39.5 Å². The minimum atomic E-state index is 0. The molecule has 0 atom stereocenters. The van der Waals surface area contributed by atoms with Crippen LogP contribution in [0.1, 0.15) is 50.7 Å². The van der Waals surface area contributed by atoms with Crippen LogP contribution >= 0.6 is 22.7 Å². The summed E-state index contributed by atoms with van der Waals surface area (Å²) in [7, 11) is 0. The number of aromatic nitrogens is 3. The molecule has 6 heteroatoms. The number of pyridine rings is 1. The van der Waals surface area contributed by atoms with Gasteiger partial charge in [0.2, 0.25) is 0 Å². The number of hydrogen-bond acceptors (Lipinski definition) is 4. The van der Waals surface area contributed by atoms with Gasteiger partial charge in [-0.05, 0) is 98.4 Å². The van der Waals surface area contributed by atoms with Crippen molar-refractivity contribution in [3.63, 3.8) is 0 Å². The molecule has 7 aromatic carbocycles. The van der Waals surface area contributed by atoms with E-state index in [1.165, 1.54) is 68.3 Å². The van der Waals surface area contributed by atoms with E-state index in [2.05, 4.69) is 165 Å². The van der Waals surface area contributed by atoms with Crippen LogP contribution < -0.4 is 0 Å². The molecule has 0 aliphatic carbocycles. The summed E-state index contributed by atoms with van der Waals surface area (Å²) in [4.78, 5) is 9.61. The molecular weight excluding hydrogens is 947 g/mol. The fourth-order valence-electron chi connectivity index (χ4n) is 8.24. The van der Waals surface area contributed by atoms with Crippen molar-refractivity contribution in [3.05, 3.63) is 187 Å². The molecule has 4 aromatic heterocycles. The Morgan fingerprint density at radius 1 is 0.550 bits per heavy atom. The molecule has 0 spiro atoms. The fourth-order valence-corrected chi connectivity index (χ4v) is 10.7. The van der Waals surface area contributed by atoms with Crippen molar-refractivity contribution >= 4 is 74.1 Å². The van der Waals surface area contributed by atoms with Crippen LogP contribution in [0.4, 0.5) is 0 Å². The van der Waals surface area contributed by atoms with Gasteiger partial charge < -0.3 is 9.55 Å². The average molecular weight is 988 g/mol. The van der Waals surface area contributed by atoms with Gasteiger partial charge in [-0.2, -0.15) is 11.3 Å². The third-order valence-electron chi connectivity index (χ3n) is 11.1. The first-order valence-corrected chi connectivity index (χ1v) is 21.8. The van der Waals surface area contributed by atoms with Crippen molar-refractivity contribution in [2.75, 3.05) is 0 Å². The van der Waals surface area contributed by atoms with Gasteiger partial charge in [0, 0.05) is 56.9 Å². The van der Waals surface area contributed by atoms with Crippen LogP contribution in [0.5, 0.6) is 0 Å². The molecule has 4 heterocycles. The number of hydrogen-bond donors (Lipinski definition) is 0. The Labute approximate surface area is 372 Å². The first-order valence-electron chi connectivity index (χ1n) is 20.2. The summed E-state index contributed by atoms with van der Waals surface area (Å²) in [6, 6.07) is 62.5. The molecule has 0 saturated carbocycles. The molecule has 0 saturated heterocycles. The predicted molar refractivity (Wildman–Crippen MR) is 253 cm³/mol. The maximum atomic E-state index is 5.39. The Bertz CT molecular complexity index is 3210. The maximum absolute atomic E-state index is 5.39. The van der Waals surface area contributed by atoms with Gasteiger partial charge in [-0.3, -0.25) is 4.98 Å². The Hall–Kier alpha value is -5.75. The van der Waals surface area contributed by atoms with Gasteiger partial charge >= 0.3 is 0 Å². The second kappa shape index (κ2) is 16.7. The molecule has 0 aliphatic rings. The molecule has 1 radical (unpaired) electrons. The number of imidazole rings is 1. The van der Waals surface area contributed by atoms with E-state index in [1.807, 2.05) is 65.1 Å². The van der Waals surface area contributed by atoms with Gasteiger partial charge in [0.25, 0.3) is 0 Å². The van der Waals surface area contributed by atoms with Crippen molar-refractivity contribution in [1.82, 2.24) is 14.5 Å². The smallest absolute Gasteiger partial charge is 0.0774 e. The van der Waals surface area contributed by atoms with Crippen LogP contribution in [-0.4, -0.2) is 14.5 Å². The number of nitrogens with zero attached hydrogens (tertiary/aromatic N) is 3. The van der Waals surface area contributed by atoms with Crippen LogP contribution in [0.3, 0.4) is 0 Å². The zero-order chi connectivity index (χ0) is 40.0. The van der Waals surface area contributed by atoms with Gasteiger partial charge in [0.05, 0.1) is 16.9 Å². The Morgan fingerprint density at radius 2 is 1.25 bits per heavy atom. The minimum Gasteiger partial charge on any atom is -0.333 e. The SMILES string of the molecule is CC(C)c1cc(-c2ccccc2)cc(C(C)C)c1-n1c(-c2[c-]ccc3c2sc2cc4sc5ccccc5c4cc23)nc2ccccc21.[Ir].[c-]1ccccc1-c1ccccn1. The van der Waals surface area contributed by atoms with Gasteiger partial charge in [-0.15, -0.1) is 65.4 Å². The van der Waals surface area contributed by atoms with E-state index in [1.54, 1.807) is 6.20 Å². The van der Waals surface area contributed by atoms with Crippen LogP contribution in [0, 0.1) is 12.1 Å². The van der Waals surface area contributed by atoms with E-state index < -0.39 is 0 Å². The molecule has 0 fully saturated rings. The second-order valence-electron chi connectivity index (χ2n) is 15.6. The first-order chi connectivity index (χ1) is 28.9. The molecule has 60 heavy (non-hydrogen) atoms. The number of thiophene rings is 2. The second-order valence-corrected chi connectivity index (χ2v) is 17.7. The third kappa shape index (κ3) is 7.18. The zero-order valence-corrected chi connectivity index (χ0v) is 37.8. The van der Waals surface area contributed by atoms with Gasteiger partial charge in [0.15, 0.2) is 0 Å². The summed E-state index contributed by atoms with van der Waals surface area (Å²) in [6.07, 6.45) is 1.79. The van der Waals surface area contributed by atoms with Crippen molar-refractivity contribution in [1.29, 1.82) is 0 Å². The maximum Gasteiger partial charge on any atom is 0.0774 e. The minimum absolute atomic E-state index is 0. The average Bonchev–Trinajstić information content (AvgIpc) is 3.97. The molecular formula is C54H41IrN3S2-2. The number of benzene rings is 7. The predicted octanol–water partition coefficient (Wildman–Crippen LogP) is 15.7. The molecule has 0 N–H and O–H groups in total. The molecule has 0 amide bonds. The monoisotopic (exact) mass is 988 g/mol. The standard InChI is InChI=1S/C43H33N2S2.C11H8N.Ir/c1-25(2)32-21-28(27-13-6-5-7-14-27)22-33(26(3)4)41(32)45-37-19-10-9-18-36(37)44-43(45)31-17-12-16-30-35-23-34-29-15-8-11-20-38(29)46-39(34)24-40(35)47-42(30)31;1-2-6-10(7-3-1)11-8-4-5-9-12-11;/h5-16,18-26H,1-4H3;1-6,8-9H;/q2*-1;. The summed E-state index contributed by atoms with van der Waals surface area (Å²) >= 11 is 3.74. The van der Waals surface area contributed by atoms with E-state index in [4.69, 9.17) is 4.98 Å². The van der Waals surface area contributed by atoms with Crippen LogP contribution in [-0.2, 0) is 20.1 Å². The normalized spacial score (nSPS) is 11.5. The van der Waals surface area contributed by atoms with E-state index in [-0.39, 0.29) is 20.1 Å². The van der Waals surface area contributed by atoms with Crippen LogP contribution in [0.15, 0.2) is 164 Å². The van der Waals surface area contributed by atoms with E-state index in [9.17, 15) is 0 Å². The molecule has 0 unspecified atom stereocenters. The largest absolute Gasteiger partial charge is 0.333 e. The Balaban J connectivity index is 0.000000306. The summed E-state index contributed by atoms with van der Waals surface area (Å²) in [5.41, 5.74) is 11.6. The Kier molecular flexibility index (Phi) is 11.1. The van der Waals surface area contributed by atoms with Crippen LogP contribution in [0.25, 0.3) is 90.8 Å². The van der Waals surface area contributed by atoms with E-state index in [0.717, 1.165) is 33.7 Å². The van der Waals surface area contributed by atoms with E-state index in [0.29, 0.717) is 11.8 Å². The van der Waals surface area contributed by atoms with Crippen molar-refractivity contribution < 1.29 is 20.1 Å². The first kappa shape index (κ1) is 39.7. The van der Waals surface area contributed by atoms with Crippen LogP contribution in [0.2, 0.25) is 0 Å². The third-order valence-corrected chi connectivity index (χ3v) is 13.4. The summed E-state index contributed by atoms with van der Waals surface area (Å²) in [6.45, 7) is 9.24. The summed E-state index contributed by atoms with van der Waals surface area (Å²) in [5, 5.41) is 5.24. The molecule has 0 bridgehead atoms. The van der Waals surface area contributed by atoms with Crippen molar-refractivity contribution in [3.8, 4) is 39.5 Å². The number of para-hydroxylation sites is 2.